The van der Waals surface area contributed by atoms with Crippen molar-refractivity contribution in [3.63, 3.8) is 0 Å². The van der Waals surface area contributed by atoms with Crippen LogP contribution in [0.1, 0.15) is 5.56 Å². The van der Waals surface area contributed by atoms with Crippen LogP contribution in [0.2, 0.25) is 0 Å². The molecule has 2 rings (SSSR count). The number of halogens is 1. The fourth-order valence-corrected chi connectivity index (χ4v) is 1.44. The highest BCUT2D eigenvalue weighted by Crippen LogP contribution is 2.29. The van der Waals surface area contributed by atoms with Crippen molar-refractivity contribution in [2.24, 2.45) is 0 Å². The fourth-order valence-electron chi connectivity index (χ4n) is 1.44. The number of hydrogen-bond acceptors (Lipinski definition) is 1. The molecule has 2 heteroatoms. The topological polar surface area (TPSA) is 20.2 Å². The molecule has 1 nitrogen and oxygen atoms in total. The molecule has 0 aliphatic heterocycles. The third-order valence-corrected chi connectivity index (χ3v) is 2.14. The number of aryl methyl sites for hydroxylation is 1. The van der Waals surface area contributed by atoms with E-state index >= 15 is 0 Å². The van der Waals surface area contributed by atoms with Gasteiger partial charge in [-0.2, -0.15) is 0 Å². The molecule has 2 aromatic rings. The lowest BCUT2D eigenvalue weighted by molar-refractivity contribution is 0.436. The molecule has 0 radical (unpaired) electrons. The molecule has 0 unspecified atom stereocenters. The standard InChI is InChI=1S/C11H9FO/c1-7-6-8-4-2-3-5-9(8)11(13)10(7)12/h2-6,13H,1H3. The van der Waals surface area contributed by atoms with Gasteiger partial charge in [0.2, 0.25) is 0 Å². The van der Waals surface area contributed by atoms with Crippen LogP contribution in [0.25, 0.3) is 10.8 Å². The second kappa shape index (κ2) is 2.73. The Hall–Kier alpha value is -1.57. The average molecular weight is 176 g/mol. The van der Waals surface area contributed by atoms with E-state index in [0.29, 0.717) is 10.9 Å². The van der Waals surface area contributed by atoms with Crippen molar-refractivity contribution in [2.45, 2.75) is 6.92 Å². The Morgan fingerprint density at radius 1 is 1.23 bits per heavy atom. The van der Waals surface area contributed by atoms with E-state index in [4.69, 9.17) is 0 Å². The second-order valence-corrected chi connectivity index (χ2v) is 3.08. The van der Waals surface area contributed by atoms with E-state index in [1.54, 1.807) is 25.1 Å². The van der Waals surface area contributed by atoms with Crippen molar-refractivity contribution < 1.29 is 9.50 Å². The molecule has 0 amide bonds. The maximum atomic E-state index is 13.2. The summed E-state index contributed by atoms with van der Waals surface area (Å²) in [5, 5.41) is 10.9. The Kier molecular flexibility index (Phi) is 1.69. The first-order valence-electron chi connectivity index (χ1n) is 4.07. The highest BCUT2D eigenvalue weighted by Gasteiger charge is 2.08. The van der Waals surface area contributed by atoms with Crippen LogP contribution in [-0.4, -0.2) is 5.11 Å². The first-order valence-corrected chi connectivity index (χ1v) is 4.07. The zero-order valence-electron chi connectivity index (χ0n) is 7.21. The van der Waals surface area contributed by atoms with Crippen molar-refractivity contribution in [3.05, 3.63) is 41.7 Å². The molecule has 2 aromatic carbocycles. The van der Waals surface area contributed by atoms with E-state index in [0.717, 1.165) is 5.39 Å². The number of aromatic hydroxyl groups is 1. The van der Waals surface area contributed by atoms with Gasteiger partial charge in [0.1, 0.15) is 0 Å². The number of fused-ring (bicyclic) bond motifs is 1. The summed E-state index contributed by atoms with van der Waals surface area (Å²) in [6, 6.07) is 8.91. The van der Waals surface area contributed by atoms with Crippen LogP contribution < -0.4 is 0 Å². The van der Waals surface area contributed by atoms with Crippen LogP contribution in [0.15, 0.2) is 30.3 Å². The van der Waals surface area contributed by atoms with Gasteiger partial charge in [-0.05, 0) is 23.9 Å². The van der Waals surface area contributed by atoms with Crippen LogP contribution in [0, 0.1) is 12.7 Å². The van der Waals surface area contributed by atoms with Gasteiger partial charge in [-0.15, -0.1) is 0 Å². The number of phenolic OH excluding ortho intramolecular Hbond substituents is 1. The smallest absolute Gasteiger partial charge is 0.168 e. The summed E-state index contributed by atoms with van der Waals surface area (Å²) in [5.74, 6) is -0.783. The SMILES string of the molecule is Cc1cc2ccccc2c(O)c1F. The Morgan fingerprint density at radius 2 is 1.92 bits per heavy atom. The molecule has 13 heavy (non-hydrogen) atoms. The van der Waals surface area contributed by atoms with E-state index in [1.807, 2.05) is 12.1 Å². The molecular formula is C11H9FO. The van der Waals surface area contributed by atoms with Crippen molar-refractivity contribution in [3.8, 4) is 5.75 Å². The van der Waals surface area contributed by atoms with Crippen LogP contribution >= 0.6 is 0 Å². The third kappa shape index (κ3) is 1.15. The van der Waals surface area contributed by atoms with Gasteiger partial charge in [-0.3, -0.25) is 0 Å². The van der Waals surface area contributed by atoms with Crippen molar-refractivity contribution in [1.82, 2.24) is 0 Å². The maximum absolute atomic E-state index is 13.2. The molecule has 0 aliphatic carbocycles. The van der Waals surface area contributed by atoms with E-state index < -0.39 is 5.82 Å². The van der Waals surface area contributed by atoms with E-state index in [1.165, 1.54) is 0 Å². The minimum atomic E-state index is -0.529. The number of phenols is 1. The number of rotatable bonds is 0. The normalized spacial score (nSPS) is 10.6. The molecule has 0 bridgehead atoms. The summed E-state index contributed by atoms with van der Waals surface area (Å²) < 4.78 is 13.2. The van der Waals surface area contributed by atoms with Gasteiger partial charge in [0.05, 0.1) is 0 Å². The second-order valence-electron chi connectivity index (χ2n) is 3.08. The molecule has 0 spiro atoms. The van der Waals surface area contributed by atoms with Gasteiger partial charge in [0, 0.05) is 5.39 Å². The van der Waals surface area contributed by atoms with Crippen LogP contribution in [0.4, 0.5) is 4.39 Å². The Balaban J connectivity index is 2.94. The zero-order valence-corrected chi connectivity index (χ0v) is 7.21. The highest BCUT2D eigenvalue weighted by molar-refractivity contribution is 5.88. The molecule has 0 heterocycles. The number of hydrogen-bond donors (Lipinski definition) is 1. The Labute approximate surface area is 75.4 Å². The predicted octanol–water partition coefficient (Wildman–Crippen LogP) is 2.99. The van der Waals surface area contributed by atoms with E-state index in [2.05, 4.69) is 0 Å². The minimum absolute atomic E-state index is 0.254. The lowest BCUT2D eigenvalue weighted by Crippen LogP contribution is -1.84. The van der Waals surface area contributed by atoms with E-state index in [9.17, 15) is 9.50 Å². The maximum Gasteiger partial charge on any atom is 0.168 e. The lowest BCUT2D eigenvalue weighted by Gasteiger charge is -2.04. The van der Waals surface area contributed by atoms with Crippen LogP contribution in [0.5, 0.6) is 5.75 Å². The summed E-state index contributed by atoms with van der Waals surface area (Å²) in [6.45, 7) is 1.64. The summed E-state index contributed by atoms with van der Waals surface area (Å²) in [7, 11) is 0. The van der Waals surface area contributed by atoms with Crippen LogP contribution in [0.3, 0.4) is 0 Å². The van der Waals surface area contributed by atoms with Gasteiger partial charge in [-0.1, -0.05) is 24.3 Å². The molecule has 0 atom stereocenters. The van der Waals surface area contributed by atoms with Gasteiger partial charge in [0.25, 0.3) is 0 Å². The molecule has 0 saturated carbocycles. The summed E-state index contributed by atoms with van der Waals surface area (Å²) in [4.78, 5) is 0. The molecule has 0 saturated heterocycles. The van der Waals surface area contributed by atoms with Gasteiger partial charge in [-0.25, -0.2) is 4.39 Å². The highest BCUT2D eigenvalue weighted by atomic mass is 19.1. The van der Waals surface area contributed by atoms with Gasteiger partial charge < -0.3 is 5.11 Å². The third-order valence-electron chi connectivity index (χ3n) is 2.14. The van der Waals surface area contributed by atoms with Crippen molar-refractivity contribution in [2.75, 3.05) is 0 Å². The zero-order chi connectivity index (χ0) is 9.42. The van der Waals surface area contributed by atoms with Crippen molar-refractivity contribution >= 4 is 10.8 Å². The van der Waals surface area contributed by atoms with Gasteiger partial charge in [0.15, 0.2) is 11.6 Å². The summed E-state index contributed by atoms with van der Waals surface area (Å²) in [5.41, 5.74) is 0.469. The molecule has 1 N–H and O–H groups in total. The predicted molar refractivity (Wildman–Crippen MR) is 50.3 cm³/mol. The minimum Gasteiger partial charge on any atom is -0.504 e. The largest absolute Gasteiger partial charge is 0.504 e. The fraction of sp³-hybridized carbons (Fsp3) is 0.0909. The summed E-state index contributed by atoms with van der Waals surface area (Å²) >= 11 is 0. The van der Waals surface area contributed by atoms with Crippen LogP contribution in [-0.2, 0) is 0 Å². The quantitative estimate of drug-likeness (QED) is 0.654. The Bertz CT molecular complexity index is 463. The molecule has 0 fully saturated rings. The Morgan fingerprint density at radius 3 is 2.69 bits per heavy atom. The first-order chi connectivity index (χ1) is 6.20. The molecular weight excluding hydrogens is 167 g/mol. The molecule has 66 valence electrons. The molecule has 0 aliphatic rings. The van der Waals surface area contributed by atoms with Crippen molar-refractivity contribution in [1.29, 1.82) is 0 Å². The average Bonchev–Trinajstić information content (AvgIpc) is 2.15. The monoisotopic (exact) mass is 176 g/mol. The van der Waals surface area contributed by atoms with E-state index in [-0.39, 0.29) is 5.75 Å². The lowest BCUT2D eigenvalue weighted by atomic mass is 10.1. The first kappa shape index (κ1) is 8.05. The summed E-state index contributed by atoms with van der Waals surface area (Å²) in [6.07, 6.45) is 0. The molecule has 0 aromatic heterocycles. The number of benzene rings is 2. The van der Waals surface area contributed by atoms with Gasteiger partial charge >= 0.3 is 0 Å².